The molecule has 0 aliphatic carbocycles. The molecule has 198 valence electrons. The van der Waals surface area contributed by atoms with E-state index in [9.17, 15) is 19.1 Å². The second-order valence-corrected chi connectivity index (χ2v) is 9.26. The summed E-state index contributed by atoms with van der Waals surface area (Å²) in [5.41, 5.74) is 1.32. The van der Waals surface area contributed by atoms with Crippen LogP contribution in [-0.4, -0.2) is 49.1 Å². The fraction of sp³-hybridized carbons (Fsp3) is 0.214. The summed E-state index contributed by atoms with van der Waals surface area (Å²) in [5, 5.41) is 11.5. The highest BCUT2D eigenvalue weighted by Crippen LogP contribution is 2.42. The van der Waals surface area contributed by atoms with Crippen LogP contribution in [0.1, 0.15) is 22.7 Å². The van der Waals surface area contributed by atoms with Crippen LogP contribution in [0.4, 0.5) is 4.39 Å². The lowest BCUT2D eigenvalue weighted by molar-refractivity contribution is -0.140. The van der Waals surface area contributed by atoms with Gasteiger partial charge in [0.1, 0.15) is 23.9 Å². The van der Waals surface area contributed by atoms with Crippen molar-refractivity contribution in [3.8, 4) is 11.5 Å². The predicted molar refractivity (Wildman–Crippen MR) is 141 cm³/mol. The van der Waals surface area contributed by atoms with E-state index in [2.05, 4.69) is 0 Å². The molecule has 0 aromatic heterocycles. The zero-order chi connectivity index (χ0) is 27.4. The molecule has 1 N–H and O–H groups in total. The lowest BCUT2D eigenvalue weighted by atomic mass is 9.95. The third kappa shape index (κ3) is 5.62. The number of amides is 1. The van der Waals surface area contributed by atoms with Crippen LogP contribution in [0.25, 0.3) is 5.76 Å². The van der Waals surface area contributed by atoms with Gasteiger partial charge in [-0.25, -0.2) is 4.39 Å². The van der Waals surface area contributed by atoms with Crippen LogP contribution in [0.2, 0.25) is 10.0 Å². The van der Waals surface area contributed by atoms with Crippen LogP contribution in [0, 0.1) is 5.82 Å². The van der Waals surface area contributed by atoms with Crippen molar-refractivity contribution < 1.29 is 33.3 Å². The standard InChI is InChI=1S/C28H24Cl2FNO6/c1-36-11-10-32-24(17-4-3-5-20(12-17)38-15-16-6-8-19(31)9-7-16)23(26(34)28(32)35)25(33)18-13-21(29)27(37-2)22(30)14-18/h3-9,12-14,24,33H,10-11,15H2,1-2H3/b25-23+. The van der Waals surface area contributed by atoms with Gasteiger partial charge in [0.05, 0.1) is 35.4 Å². The van der Waals surface area contributed by atoms with Gasteiger partial charge in [-0.3, -0.25) is 9.59 Å². The molecule has 10 heteroatoms. The van der Waals surface area contributed by atoms with Gasteiger partial charge in [0, 0.05) is 19.2 Å². The second-order valence-electron chi connectivity index (χ2n) is 8.45. The van der Waals surface area contributed by atoms with E-state index in [0.29, 0.717) is 11.3 Å². The number of rotatable bonds is 9. The Morgan fingerprint density at radius 2 is 1.71 bits per heavy atom. The number of benzene rings is 3. The molecule has 1 aliphatic heterocycles. The molecule has 38 heavy (non-hydrogen) atoms. The lowest BCUT2D eigenvalue weighted by Gasteiger charge is -2.25. The summed E-state index contributed by atoms with van der Waals surface area (Å²) in [6.45, 7) is 0.453. The highest BCUT2D eigenvalue weighted by atomic mass is 35.5. The van der Waals surface area contributed by atoms with Crippen LogP contribution in [0.5, 0.6) is 11.5 Å². The van der Waals surface area contributed by atoms with Crippen molar-refractivity contribution in [2.24, 2.45) is 0 Å². The van der Waals surface area contributed by atoms with E-state index < -0.39 is 23.5 Å². The quantitative estimate of drug-likeness (QED) is 0.203. The molecule has 0 radical (unpaired) electrons. The maximum Gasteiger partial charge on any atom is 0.295 e. The summed E-state index contributed by atoms with van der Waals surface area (Å²) >= 11 is 12.5. The number of nitrogens with zero attached hydrogens (tertiary/aromatic N) is 1. The minimum atomic E-state index is -0.931. The molecule has 1 fully saturated rings. The summed E-state index contributed by atoms with van der Waals surface area (Å²) in [4.78, 5) is 27.6. The summed E-state index contributed by atoms with van der Waals surface area (Å²) in [5.74, 6) is -1.74. The Labute approximate surface area is 228 Å². The highest BCUT2D eigenvalue weighted by molar-refractivity contribution is 6.46. The Balaban J connectivity index is 1.76. The van der Waals surface area contributed by atoms with Crippen molar-refractivity contribution in [3.05, 3.63) is 98.8 Å². The summed E-state index contributed by atoms with van der Waals surface area (Å²) in [6.07, 6.45) is 0. The fourth-order valence-corrected chi connectivity index (χ4v) is 4.86. The van der Waals surface area contributed by atoms with Crippen LogP contribution >= 0.6 is 23.2 Å². The smallest absolute Gasteiger partial charge is 0.295 e. The van der Waals surface area contributed by atoms with Gasteiger partial charge in [-0.1, -0.05) is 47.5 Å². The van der Waals surface area contributed by atoms with Crippen LogP contribution < -0.4 is 9.47 Å². The first-order chi connectivity index (χ1) is 18.2. The number of carbonyl (C=O) groups excluding carboxylic acids is 2. The van der Waals surface area contributed by atoms with Crippen LogP contribution in [-0.2, 0) is 20.9 Å². The van der Waals surface area contributed by atoms with E-state index >= 15 is 0 Å². The minimum absolute atomic E-state index is 0.104. The molecular weight excluding hydrogens is 536 g/mol. The first kappa shape index (κ1) is 27.4. The molecule has 1 amide bonds. The molecule has 4 rings (SSSR count). The molecule has 7 nitrogen and oxygen atoms in total. The molecule has 1 aliphatic rings. The Morgan fingerprint density at radius 3 is 2.34 bits per heavy atom. The number of ether oxygens (including phenoxy) is 3. The lowest BCUT2D eigenvalue weighted by Crippen LogP contribution is -2.32. The van der Waals surface area contributed by atoms with Gasteiger partial charge in [0.25, 0.3) is 11.7 Å². The molecule has 3 aromatic carbocycles. The Bertz CT molecular complexity index is 1370. The highest BCUT2D eigenvalue weighted by Gasteiger charge is 2.46. The molecule has 1 saturated heterocycles. The van der Waals surface area contributed by atoms with Gasteiger partial charge in [-0.15, -0.1) is 0 Å². The van der Waals surface area contributed by atoms with Crippen LogP contribution in [0.3, 0.4) is 0 Å². The fourth-order valence-electron chi connectivity index (χ4n) is 4.22. The first-order valence-electron chi connectivity index (χ1n) is 11.5. The van der Waals surface area contributed by atoms with E-state index in [1.807, 2.05) is 0 Å². The molecule has 1 atom stereocenters. The zero-order valence-corrected chi connectivity index (χ0v) is 22.1. The average molecular weight is 560 g/mol. The third-order valence-electron chi connectivity index (χ3n) is 6.04. The van der Waals surface area contributed by atoms with E-state index in [1.165, 1.54) is 43.4 Å². The van der Waals surface area contributed by atoms with Crippen molar-refractivity contribution in [3.63, 3.8) is 0 Å². The largest absolute Gasteiger partial charge is 0.507 e. The topological polar surface area (TPSA) is 85.3 Å². The molecule has 0 bridgehead atoms. The van der Waals surface area contributed by atoms with E-state index in [0.717, 1.165) is 5.56 Å². The Kier molecular flexibility index (Phi) is 8.56. The number of aliphatic hydroxyl groups excluding tert-OH is 1. The first-order valence-corrected chi connectivity index (χ1v) is 12.3. The Hall–Kier alpha value is -3.59. The number of Topliss-reactive ketones (excluding diaryl/α,β-unsaturated/α-hetero) is 1. The monoisotopic (exact) mass is 559 g/mol. The number of carbonyl (C=O) groups is 2. The van der Waals surface area contributed by atoms with E-state index in [-0.39, 0.29) is 52.5 Å². The molecule has 3 aromatic rings. The zero-order valence-electron chi connectivity index (χ0n) is 20.5. The van der Waals surface area contributed by atoms with Gasteiger partial charge in [-0.05, 0) is 47.5 Å². The number of ketones is 1. The minimum Gasteiger partial charge on any atom is -0.507 e. The molecule has 0 saturated carbocycles. The van der Waals surface area contributed by atoms with Crippen molar-refractivity contribution in [2.75, 3.05) is 27.4 Å². The second kappa shape index (κ2) is 11.9. The summed E-state index contributed by atoms with van der Waals surface area (Å²) in [6, 6.07) is 14.6. The maximum absolute atomic E-state index is 13.2. The van der Waals surface area contributed by atoms with Gasteiger partial charge in [0.15, 0.2) is 5.75 Å². The number of methoxy groups -OCH3 is 2. The van der Waals surface area contributed by atoms with E-state index in [1.54, 1.807) is 36.4 Å². The SMILES string of the molecule is COCCN1C(=O)C(=O)/C(=C(/O)c2cc(Cl)c(OC)c(Cl)c2)C1c1cccc(OCc2ccc(F)cc2)c1. The molecular formula is C28H24Cl2FNO6. The molecule has 0 spiro atoms. The number of hydrogen-bond donors (Lipinski definition) is 1. The number of likely N-dealkylation sites (tertiary alicyclic amines) is 1. The third-order valence-corrected chi connectivity index (χ3v) is 6.61. The number of halogens is 3. The normalized spacial score (nSPS) is 16.7. The Morgan fingerprint density at radius 1 is 1.03 bits per heavy atom. The molecule has 1 unspecified atom stereocenters. The average Bonchev–Trinajstić information content (AvgIpc) is 3.16. The van der Waals surface area contributed by atoms with E-state index in [4.69, 9.17) is 37.4 Å². The van der Waals surface area contributed by atoms with Gasteiger partial charge in [0.2, 0.25) is 0 Å². The van der Waals surface area contributed by atoms with Crippen molar-refractivity contribution >= 4 is 40.7 Å². The number of hydrogen-bond acceptors (Lipinski definition) is 6. The predicted octanol–water partition coefficient (Wildman–Crippen LogP) is 5.79. The van der Waals surface area contributed by atoms with Crippen LogP contribution in [0.15, 0.2) is 66.2 Å². The van der Waals surface area contributed by atoms with Crippen molar-refractivity contribution in [1.82, 2.24) is 4.90 Å². The summed E-state index contributed by atoms with van der Waals surface area (Å²) in [7, 11) is 2.88. The molecule has 1 heterocycles. The summed E-state index contributed by atoms with van der Waals surface area (Å²) < 4.78 is 29.4. The van der Waals surface area contributed by atoms with Crippen molar-refractivity contribution in [2.45, 2.75) is 12.6 Å². The van der Waals surface area contributed by atoms with Gasteiger partial charge < -0.3 is 24.2 Å². The van der Waals surface area contributed by atoms with Gasteiger partial charge >= 0.3 is 0 Å². The van der Waals surface area contributed by atoms with Crippen molar-refractivity contribution in [1.29, 1.82) is 0 Å². The number of aliphatic hydroxyl groups is 1. The van der Waals surface area contributed by atoms with Gasteiger partial charge in [-0.2, -0.15) is 0 Å². The maximum atomic E-state index is 13.2.